The van der Waals surface area contributed by atoms with E-state index in [-0.39, 0.29) is 25.0 Å². The summed E-state index contributed by atoms with van der Waals surface area (Å²) in [5.41, 5.74) is 3.95. The lowest BCUT2D eigenvalue weighted by Gasteiger charge is -2.31. The molecule has 0 aliphatic heterocycles. The summed E-state index contributed by atoms with van der Waals surface area (Å²) in [6.45, 7) is 6.70. The number of halogens is 1. The van der Waals surface area contributed by atoms with Crippen molar-refractivity contribution in [2.75, 3.05) is 13.2 Å². The van der Waals surface area contributed by atoms with E-state index in [1.807, 2.05) is 74.5 Å². The van der Waals surface area contributed by atoms with Crippen molar-refractivity contribution in [2.45, 2.75) is 52.6 Å². The van der Waals surface area contributed by atoms with Crippen LogP contribution in [0, 0.1) is 13.8 Å². The van der Waals surface area contributed by atoms with E-state index in [0.29, 0.717) is 23.7 Å². The van der Waals surface area contributed by atoms with E-state index in [1.165, 1.54) is 0 Å². The van der Waals surface area contributed by atoms with Crippen molar-refractivity contribution >= 4 is 23.4 Å². The molecule has 1 N–H and O–H groups in total. The number of carbonyl (C=O) groups is 2. The van der Waals surface area contributed by atoms with E-state index in [0.717, 1.165) is 35.1 Å². The number of benzene rings is 3. The van der Waals surface area contributed by atoms with E-state index in [4.69, 9.17) is 16.3 Å². The van der Waals surface area contributed by atoms with Gasteiger partial charge in [0.2, 0.25) is 5.91 Å². The molecule has 0 radical (unpaired) electrons. The van der Waals surface area contributed by atoms with Gasteiger partial charge in [-0.25, -0.2) is 0 Å². The Labute approximate surface area is 219 Å². The number of nitrogens with zero attached hydrogens (tertiary/aromatic N) is 1. The first-order chi connectivity index (χ1) is 17.4. The molecule has 0 saturated carbocycles. The minimum Gasteiger partial charge on any atom is -0.484 e. The number of unbranched alkanes of at least 4 members (excludes halogenated alkanes) is 1. The van der Waals surface area contributed by atoms with Crippen LogP contribution in [-0.4, -0.2) is 35.9 Å². The Morgan fingerprint density at radius 3 is 2.31 bits per heavy atom. The van der Waals surface area contributed by atoms with Crippen LogP contribution >= 0.6 is 11.6 Å². The predicted molar refractivity (Wildman–Crippen MR) is 145 cm³/mol. The van der Waals surface area contributed by atoms with Gasteiger partial charge in [0.1, 0.15) is 11.8 Å². The average Bonchev–Trinajstić information content (AvgIpc) is 2.85. The summed E-state index contributed by atoms with van der Waals surface area (Å²) in [5.74, 6) is 0.199. The topological polar surface area (TPSA) is 58.6 Å². The lowest BCUT2D eigenvalue weighted by Crippen LogP contribution is -2.51. The van der Waals surface area contributed by atoms with Gasteiger partial charge in [-0.05, 0) is 66.8 Å². The summed E-state index contributed by atoms with van der Waals surface area (Å²) in [4.78, 5) is 28.7. The summed E-state index contributed by atoms with van der Waals surface area (Å²) >= 11 is 6.23. The lowest BCUT2D eigenvalue weighted by molar-refractivity contribution is -0.142. The summed E-state index contributed by atoms with van der Waals surface area (Å²) in [7, 11) is 0. The number of hydrogen-bond donors (Lipinski definition) is 1. The summed E-state index contributed by atoms with van der Waals surface area (Å²) in [6.07, 6.45) is 2.25. The van der Waals surface area contributed by atoms with E-state index >= 15 is 0 Å². The first-order valence-electron chi connectivity index (χ1n) is 12.4. The maximum absolute atomic E-state index is 13.6. The highest BCUT2D eigenvalue weighted by Crippen LogP contribution is 2.20. The fourth-order valence-electron chi connectivity index (χ4n) is 4.14. The fourth-order valence-corrected chi connectivity index (χ4v) is 4.35. The van der Waals surface area contributed by atoms with Crippen molar-refractivity contribution in [3.63, 3.8) is 0 Å². The highest BCUT2D eigenvalue weighted by molar-refractivity contribution is 6.30. The Balaban J connectivity index is 1.89. The molecular weight excluding hydrogens is 472 g/mol. The number of rotatable bonds is 12. The third kappa shape index (κ3) is 8.42. The molecule has 3 rings (SSSR count). The Bertz CT molecular complexity index is 1130. The molecule has 3 aromatic rings. The first-order valence-corrected chi connectivity index (χ1v) is 12.8. The molecule has 6 heteroatoms. The van der Waals surface area contributed by atoms with Gasteiger partial charge in [-0.2, -0.15) is 0 Å². The number of aryl methyl sites for hydroxylation is 2. The molecule has 190 valence electrons. The maximum atomic E-state index is 13.6. The molecule has 1 atom stereocenters. The SMILES string of the molecule is CCCCNC(=O)[C@@H](Cc1ccccc1)N(Cc1cccc(Cl)c1)C(=O)COc1cc(C)cc(C)c1. The normalized spacial score (nSPS) is 11.6. The number of ether oxygens (including phenoxy) is 1. The molecule has 0 bridgehead atoms. The highest BCUT2D eigenvalue weighted by atomic mass is 35.5. The van der Waals surface area contributed by atoms with E-state index in [2.05, 4.69) is 18.3 Å². The molecule has 0 heterocycles. The van der Waals surface area contributed by atoms with Crippen molar-refractivity contribution in [3.8, 4) is 5.75 Å². The Kier molecular flexibility index (Phi) is 10.4. The molecule has 0 aliphatic rings. The van der Waals surface area contributed by atoms with Crippen LogP contribution in [0.25, 0.3) is 0 Å². The van der Waals surface area contributed by atoms with Crippen LogP contribution in [0.2, 0.25) is 5.02 Å². The number of nitrogens with one attached hydrogen (secondary N) is 1. The fraction of sp³-hybridized carbons (Fsp3) is 0.333. The van der Waals surface area contributed by atoms with Crippen LogP contribution in [0.15, 0.2) is 72.8 Å². The van der Waals surface area contributed by atoms with E-state index in [9.17, 15) is 9.59 Å². The zero-order valence-electron chi connectivity index (χ0n) is 21.3. The average molecular weight is 507 g/mol. The van der Waals surface area contributed by atoms with Gasteiger partial charge in [0.15, 0.2) is 6.61 Å². The molecule has 2 amide bonds. The molecule has 36 heavy (non-hydrogen) atoms. The second kappa shape index (κ2) is 13.7. The third-order valence-corrected chi connectivity index (χ3v) is 6.14. The van der Waals surface area contributed by atoms with Gasteiger partial charge in [-0.15, -0.1) is 0 Å². The zero-order valence-corrected chi connectivity index (χ0v) is 22.1. The van der Waals surface area contributed by atoms with Crippen molar-refractivity contribution < 1.29 is 14.3 Å². The smallest absolute Gasteiger partial charge is 0.261 e. The summed E-state index contributed by atoms with van der Waals surface area (Å²) in [5, 5.41) is 3.61. The monoisotopic (exact) mass is 506 g/mol. The standard InChI is InChI=1S/C30H35ClN2O3/c1-4-5-14-32-30(35)28(19-24-10-7-6-8-11-24)33(20-25-12-9-13-26(31)18-25)29(34)21-36-27-16-22(2)15-23(3)17-27/h6-13,15-18,28H,4-5,14,19-21H2,1-3H3,(H,32,35)/t28-/m1/s1. The number of amides is 2. The van der Waals surface area contributed by atoms with Gasteiger partial charge in [0.05, 0.1) is 0 Å². The highest BCUT2D eigenvalue weighted by Gasteiger charge is 2.30. The van der Waals surface area contributed by atoms with Crippen molar-refractivity contribution in [2.24, 2.45) is 0 Å². The summed E-state index contributed by atoms with van der Waals surface area (Å²) in [6, 6.07) is 22.3. The molecule has 0 spiro atoms. The predicted octanol–water partition coefficient (Wildman–Crippen LogP) is 5.89. The van der Waals surface area contributed by atoms with Gasteiger partial charge in [-0.1, -0.05) is 73.5 Å². The van der Waals surface area contributed by atoms with Crippen molar-refractivity contribution in [1.82, 2.24) is 10.2 Å². The number of carbonyl (C=O) groups excluding carboxylic acids is 2. The van der Waals surface area contributed by atoms with E-state index < -0.39 is 6.04 Å². The second-order valence-corrected chi connectivity index (χ2v) is 9.55. The molecule has 3 aromatic carbocycles. The van der Waals surface area contributed by atoms with Crippen LogP contribution in [0.1, 0.15) is 42.0 Å². The number of hydrogen-bond acceptors (Lipinski definition) is 3. The Hall–Kier alpha value is -3.31. The first kappa shape index (κ1) is 27.3. The molecular formula is C30H35ClN2O3. The van der Waals surface area contributed by atoms with Gasteiger partial charge < -0.3 is 15.0 Å². The van der Waals surface area contributed by atoms with Crippen molar-refractivity contribution in [1.29, 1.82) is 0 Å². The molecule has 0 fully saturated rings. The van der Waals surface area contributed by atoms with Crippen LogP contribution in [-0.2, 0) is 22.6 Å². The van der Waals surface area contributed by atoms with Gasteiger partial charge in [0, 0.05) is 24.5 Å². The van der Waals surface area contributed by atoms with Crippen LogP contribution in [0.5, 0.6) is 5.75 Å². The molecule has 0 aromatic heterocycles. The maximum Gasteiger partial charge on any atom is 0.261 e. The molecule has 0 aliphatic carbocycles. The van der Waals surface area contributed by atoms with Crippen molar-refractivity contribution in [3.05, 3.63) is 100 Å². The van der Waals surface area contributed by atoms with Gasteiger partial charge in [-0.3, -0.25) is 9.59 Å². The Morgan fingerprint density at radius 2 is 1.64 bits per heavy atom. The van der Waals surface area contributed by atoms with Gasteiger partial charge in [0.25, 0.3) is 5.91 Å². The lowest BCUT2D eigenvalue weighted by atomic mass is 10.0. The minimum atomic E-state index is -0.696. The Morgan fingerprint density at radius 1 is 0.944 bits per heavy atom. The molecule has 0 saturated heterocycles. The molecule has 0 unspecified atom stereocenters. The molecule has 5 nitrogen and oxygen atoms in total. The second-order valence-electron chi connectivity index (χ2n) is 9.11. The summed E-state index contributed by atoms with van der Waals surface area (Å²) < 4.78 is 5.90. The van der Waals surface area contributed by atoms with Crippen LogP contribution in [0.4, 0.5) is 0 Å². The van der Waals surface area contributed by atoms with E-state index in [1.54, 1.807) is 11.0 Å². The minimum absolute atomic E-state index is 0.170. The zero-order chi connectivity index (χ0) is 25.9. The largest absolute Gasteiger partial charge is 0.484 e. The quantitative estimate of drug-likeness (QED) is 0.311. The van der Waals surface area contributed by atoms with Crippen LogP contribution in [0.3, 0.4) is 0 Å². The third-order valence-electron chi connectivity index (χ3n) is 5.90. The van der Waals surface area contributed by atoms with Crippen LogP contribution < -0.4 is 10.1 Å². The van der Waals surface area contributed by atoms with Gasteiger partial charge >= 0.3 is 0 Å².